The SMILES string of the molecule is CCC12OC(C)C(C(=C(C)C)C1(C)C)C2C. The van der Waals surface area contributed by atoms with Crippen LogP contribution in [0.15, 0.2) is 11.1 Å². The number of rotatable bonds is 1. The number of hydrogen-bond donors (Lipinski definition) is 0. The fraction of sp³-hybridized carbons (Fsp3) is 0.867. The van der Waals surface area contributed by atoms with Crippen molar-refractivity contribution in [2.45, 2.75) is 66.6 Å². The van der Waals surface area contributed by atoms with E-state index in [1.54, 1.807) is 5.57 Å². The molecule has 0 aromatic heterocycles. The lowest BCUT2D eigenvalue weighted by Crippen LogP contribution is -2.47. The molecule has 0 aromatic carbocycles. The molecule has 0 spiro atoms. The molecule has 1 saturated heterocycles. The topological polar surface area (TPSA) is 9.23 Å². The van der Waals surface area contributed by atoms with E-state index in [1.165, 1.54) is 5.57 Å². The fourth-order valence-electron chi connectivity index (χ4n) is 4.86. The Morgan fingerprint density at radius 2 is 1.81 bits per heavy atom. The predicted octanol–water partition coefficient (Wildman–Crippen LogP) is 4.18. The fourth-order valence-corrected chi connectivity index (χ4v) is 4.86. The van der Waals surface area contributed by atoms with Gasteiger partial charge in [-0.25, -0.2) is 0 Å². The van der Waals surface area contributed by atoms with Gasteiger partial charge < -0.3 is 4.74 Å². The monoisotopic (exact) mass is 222 g/mol. The van der Waals surface area contributed by atoms with E-state index in [0.717, 1.165) is 6.42 Å². The van der Waals surface area contributed by atoms with Crippen molar-refractivity contribution in [1.29, 1.82) is 0 Å². The summed E-state index contributed by atoms with van der Waals surface area (Å²) in [6, 6.07) is 0. The van der Waals surface area contributed by atoms with Crippen LogP contribution in [-0.4, -0.2) is 11.7 Å². The molecule has 1 aliphatic heterocycles. The largest absolute Gasteiger partial charge is 0.370 e. The average Bonchev–Trinajstić information content (AvgIpc) is 2.50. The molecule has 1 nitrogen and oxygen atoms in total. The van der Waals surface area contributed by atoms with Gasteiger partial charge in [-0.05, 0) is 33.1 Å². The quantitative estimate of drug-likeness (QED) is 0.605. The first-order valence-electron chi connectivity index (χ1n) is 6.65. The molecule has 0 aromatic rings. The molecule has 0 radical (unpaired) electrons. The Morgan fingerprint density at radius 1 is 1.25 bits per heavy atom. The Morgan fingerprint density at radius 3 is 2.12 bits per heavy atom. The summed E-state index contributed by atoms with van der Waals surface area (Å²) in [4.78, 5) is 0. The van der Waals surface area contributed by atoms with Crippen molar-refractivity contribution >= 4 is 0 Å². The second-order valence-electron chi connectivity index (χ2n) is 6.42. The molecule has 2 fully saturated rings. The predicted molar refractivity (Wildman–Crippen MR) is 68.4 cm³/mol. The highest BCUT2D eigenvalue weighted by Gasteiger charge is 2.67. The van der Waals surface area contributed by atoms with E-state index in [0.29, 0.717) is 17.9 Å². The van der Waals surface area contributed by atoms with Crippen molar-refractivity contribution in [2.75, 3.05) is 0 Å². The number of allylic oxidation sites excluding steroid dienone is 1. The summed E-state index contributed by atoms with van der Waals surface area (Å²) in [5.74, 6) is 1.30. The van der Waals surface area contributed by atoms with Gasteiger partial charge in [0.1, 0.15) is 0 Å². The van der Waals surface area contributed by atoms with E-state index in [2.05, 4.69) is 48.5 Å². The zero-order valence-electron chi connectivity index (χ0n) is 11.8. The number of ether oxygens (including phenoxy) is 1. The first kappa shape index (κ1) is 12.2. The molecule has 92 valence electrons. The van der Waals surface area contributed by atoms with Crippen molar-refractivity contribution in [3.63, 3.8) is 0 Å². The van der Waals surface area contributed by atoms with Crippen LogP contribution in [0.4, 0.5) is 0 Å². The summed E-state index contributed by atoms with van der Waals surface area (Å²) in [5.41, 5.74) is 3.45. The first-order chi connectivity index (χ1) is 7.29. The molecule has 1 aliphatic carbocycles. The van der Waals surface area contributed by atoms with Crippen LogP contribution < -0.4 is 0 Å². The van der Waals surface area contributed by atoms with Gasteiger partial charge in [0.15, 0.2) is 0 Å². The summed E-state index contributed by atoms with van der Waals surface area (Å²) < 4.78 is 6.37. The second kappa shape index (κ2) is 3.35. The Balaban J connectivity index is 2.61. The van der Waals surface area contributed by atoms with Gasteiger partial charge in [-0.2, -0.15) is 0 Å². The van der Waals surface area contributed by atoms with E-state index >= 15 is 0 Å². The van der Waals surface area contributed by atoms with Crippen LogP contribution in [-0.2, 0) is 4.74 Å². The molecule has 0 N–H and O–H groups in total. The van der Waals surface area contributed by atoms with Gasteiger partial charge in [0.2, 0.25) is 0 Å². The number of fused-ring (bicyclic) bond motifs is 2. The summed E-state index contributed by atoms with van der Waals surface area (Å²) >= 11 is 0. The van der Waals surface area contributed by atoms with Gasteiger partial charge in [-0.1, -0.05) is 38.8 Å². The van der Waals surface area contributed by atoms with Gasteiger partial charge in [0.05, 0.1) is 11.7 Å². The maximum atomic E-state index is 6.37. The van der Waals surface area contributed by atoms with Crippen LogP contribution in [0, 0.1) is 17.3 Å². The summed E-state index contributed by atoms with van der Waals surface area (Å²) in [5, 5.41) is 0. The Labute approximate surface area is 100 Å². The van der Waals surface area contributed by atoms with Crippen LogP contribution in [0.5, 0.6) is 0 Å². The van der Waals surface area contributed by atoms with Gasteiger partial charge in [0.25, 0.3) is 0 Å². The van der Waals surface area contributed by atoms with Crippen molar-refractivity contribution in [3.05, 3.63) is 11.1 Å². The van der Waals surface area contributed by atoms with E-state index in [9.17, 15) is 0 Å². The van der Waals surface area contributed by atoms with E-state index in [1.807, 2.05) is 0 Å². The lowest BCUT2D eigenvalue weighted by molar-refractivity contribution is -0.124. The molecule has 2 bridgehead atoms. The van der Waals surface area contributed by atoms with Crippen LogP contribution >= 0.6 is 0 Å². The van der Waals surface area contributed by atoms with Gasteiger partial charge in [0, 0.05) is 11.3 Å². The van der Waals surface area contributed by atoms with Crippen LogP contribution in [0.2, 0.25) is 0 Å². The molecule has 1 heteroatoms. The van der Waals surface area contributed by atoms with Crippen molar-refractivity contribution in [3.8, 4) is 0 Å². The minimum atomic E-state index is 0.0731. The van der Waals surface area contributed by atoms with Gasteiger partial charge in [-0.3, -0.25) is 0 Å². The standard InChI is InChI=1S/C15H26O/c1-8-15-10(4)12(11(5)16-15)13(9(2)3)14(15,6)7/h10-12H,8H2,1-7H3. The molecule has 4 atom stereocenters. The van der Waals surface area contributed by atoms with E-state index in [4.69, 9.17) is 4.74 Å². The zero-order valence-corrected chi connectivity index (χ0v) is 11.8. The zero-order chi connectivity index (χ0) is 12.3. The summed E-state index contributed by atoms with van der Waals surface area (Å²) in [6.45, 7) is 16.2. The Kier molecular flexibility index (Phi) is 2.55. The molecule has 0 amide bonds. The van der Waals surface area contributed by atoms with Crippen molar-refractivity contribution < 1.29 is 4.74 Å². The second-order valence-corrected chi connectivity index (χ2v) is 6.42. The third kappa shape index (κ3) is 1.11. The van der Waals surface area contributed by atoms with E-state index < -0.39 is 0 Å². The van der Waals surface area contributed by atoms with E-state index in [-0.39, 0.29) is 11.0 Å². The molecule has 1 saturated carbocycles. The third-order valence-electron chi connectivity index (χ3n) is 5.30. The minimum absolute atomic E-state index is 0.0731. The molecule has 1 heterocycles. The van der Waals surface area contributed by atoms with Gasteiger partial charge in [-0.15, -0.1) is 0 Å². The first-order valence-corrected chi connectivity index (χ1v) is 6.65. The lowest BCUT2D eigenvalue weighted by Gasteiger charge is -2.46. The number of hydrogen-bond acceptors (Lipinski definition) is 1. The van der Waals surface area contributed by atoms with Crippen LogP contribution in [0.3, 0.4) is 0 Å². The van der Waals surface area contributed by atoms with Crippen molar-refractivity contribution in [1.82, 2.24) is 0 Å². The Hall–Kier alpha value is -0.300. The Bertz CT molecular complexity index is 335. The molecule has 2 rings (SSSR count). The molecule has 4 unspecified atom stereocenters. The highest BCUT2D eigenvalue weighted by molar-refractivity contribution is 5.37. The molecule has 2 aliphatic rings. The minimum Gasteiger partial charge on any atom is -0.370 e. The smallest absolute Gasteiger partial charge is 0.0803 e. The maximum Gasteiger partial charge on any atom is 0.0803 e. The molecular weight excluding hydrogens is 196 g/mol. The van der Waals surface area contributed by atoms with Gasteiger partial charge >= 0.3 is 0 Å². The lowest BCUT2D eigenvalue weighted by atomic mass is 9.70. The van der Waals surface area contributed by atoms with Crippen molar-refractivity contribution in [2.24, 2.45) is 17.3 Å². The normalized spacial score (nSPS) is 45.2. The highest BCUT2D eigenvalue weighted by atomic mass is 16.5. The molecular formula is C15H26O. The summed E-state index contributed by atoms with van der Waals surface area (Å²) in [7, 11) is 0. The van der Waals surface area contributed by atoms with Crippen LogP contribution in [0.25, 0.3) is 0 Å². The molecule has 16 heavy (non-hydrogen) atoms. The maximum absolute atomic E-state index is 6.37. The van der Waals surface area contributed by atoms with Crippen LogP contribution in [0.1, 0.15) is 54.9 Å². The summed E-state index contributed by atoms with van der Waals surface area (Å²) in [6.07, 6.45) is 1.52. The average molecular weight is 222 g/mol. The highest BCUT2D eigenvalue weighted by Crippen LogP contribution is 2.66. The third-order valence-corrected chi connectivity index (χ3v) is 5.30.